The van der Waals surface area contributed by atoms with E-state index in [9.17, 15) is 4.79 Å². The lowest BCUT2D eigenvalue weighted by atomic mass is 10.1. The molecule has 7 heteroatoms. The van der Waals surface area contributed by atoms with E-state index in [4.69, 9.17) is 4.52 Å². The van der Waals surface area contributed by atoms with Crippen LogP contribution in [-0.4, -0.2) is 36.7 Å². The Morgan fingerprint density at radius 1 is 1.42 bits per heavy atom. The number of hydrogen-bond donors (Lipinski definition) is 1. The molecule has 24 heavy (non-hydrogen) atoms. The smallest absolute Gasteiger partial charge is 0.265 e. The summed E-state index contributed by atoms with van der Waals surface area (Å²) in [4.78, 5) is 19.9. The molecule has 1 aliphatic rings. The highest BCUT2D eigenvalue weighted by Crippen LogP contribution is 2.24. The van der Waals surface area contributed by atoms with Gasteiger partial charge in [-0.3, -0.25) is 4.79 Å². The summed E-state index contributed by atoms with van der Waals surface area (Å²) in [5.74, 6) is 1.32. The van der Waals surface area contributed by atoms with Gasteiger partial charge in [-0.1, -0.05) is 12.1 Å². The molecule has 128 valence electrons. The van der Waals surface area contributed by atoms with Gasteiger partial charge in [0.1, 0.15) is 0 Å². The Hall–Kier alpha value is -2.41. The molecule has 7 nitrogen and oxygen atoms in total. The molecule has 1 aromatic carbocycles. The highest BCUT2D eigenvalue weighted by atomic mass is 16.5. The molecule has 1 aromatic heterocycles. The average molecular weight is 329 g/mol. The molecule has 1 aliphatic heterocycles. The molecule has 1 atom stereocenters. The predicted molar refractivity (Wildman–Crippen MR) is 91.9 cm³/mol. The van der Waals surface area contributed by atoms with Crippen LogP contribution in [0.15, 0.2) is 28.8 Å². The Labute approximate surface area is 141 Å². The van der Waals surface area contributed by atoms with E-state index in [1.165, 1.54) is 0 Å². The van der Waals surface area contributed by atoms with Crippen molar-refractivity contribution >= 4 is 17.5 Å². The van der Waals surface area contributed by atoms with Crippen molar-refractivity contribution in [2.24, 2.45) is 0 Å². The highest BCUT2D eigenvalue weighted by molar-refractivity contribution is 5.95. The van der Waals surface area contributed by atoms with E-state index in [2.05, 4.69) is 34.5 Å². The fourth-order valence-corrected chi connectivity index (χ4v) is 2.74. The molecule has 1 unspecified atom stereocenters. The molecule has 1 saturated heterocycles. The molecule has 2 heterocycles. The van der Waals surface area contributed by atoms with Crippen LogP contribution in [0.2, 0.25) is 0 Å². The van der Waals surface area contributed by atoms with Crippen molar-refractivity contribution in [1.29, 1.82) is 0 Å². The third-order valence-corrected chi connectivity index (χ3v) is 4.17. The zero-order chi connectivity index (χ0) is 17.1. The van der Waals surface area contributed by atoms with Gasteiger partial charge >= 0.3 is 0 Å². The molecule has 3 rings (SSSR count). The van der Waals surface area contributed by atoms with E-state index in [0.717, 1.165) is 24.2 Å². The first-order valence-electron chi connectivity index (χ1n) is 8.18. The maximum atomic E-state index is 11.9. The third-order valence-electron chi connectivity index (χ3n) is 4.17. The number of aromatic nitrogens is 2. The molecule has 2 aromatic rings. The standard InChI is InChI=1S/C17H23N5O2/c1-12(18-11-15-19-17(20-24-15)21(2)3)13-6-4-7-14(10-13)22-9-5-8-16(22)23/h4,6-7,10,12,18H,5,8-9,11H2,1-3H3. The van der Waals surface area contributed by atoms with Gasteiger partial charge in [0.2, 0.25) is 11.8 Å². The number of carbonyl (C=O) groups is 1. The van der Waals surface area contributed by atoms with Crippen LogP contribution < -0.4 is 15.1 Å². The molecule has 1 amide bonds. The SMILES string of the molecule is CC(NCc1nc(N(C)C)no1)c1cccc(N2CCCC2=O)c1. The molecule has 1 N–H and O–H groups in total. The van der Waals surface area contributed by atoms with Crippen molar-refractivity contribution < 1.29 is 9.32 Å². The first-order chi connectivity index (χ1) is 11.5. The molecular weight excluding hydrogens is 306 g/mol. The van der Waals surface area contributed by atoms with Crippen LogP contribution in [0, 0.1) is 0 Å². The number of carbonyl (C=O) groups excluding carboxylic acids is 1. The maximum absolute atomic E-state index is 11.9. The number of nitrogens with zero attached hydrogens (tertiary/aromatic N) is 4. The first-order valence-corrected chi connectivity index (χ1v) is 8.18. The number of benzene rings is 1. The summed E-state index contributed by atoms with van der Waals surface area (Å²) in [5.41, 5.74) is 2.09. The van der Waals surface area contributed by atoms with Crippen LogP contribution >= 0.6 is 0 Å². The summed E-state index contributed by atoms with van der Waals surface area (Å²) in [5, 5.41) is 7.28. The second-order valence-corrected chi connectivity index (χ2v) is 6.23. The van der Waals surface area contributed by atoms with Crippen molar-refractivity contribution in [3.63, 3.8) is 0 Å². The van der Waals surface area contributed by atoms with Crippen LogP contribution in [0.3, 0.4) is 0 Å². The van der Waals surface area contributed by atoms with Gasteiger partial charge in [-0.05, 0) is 36.2 Å². The van der Waals surface area contributed by atoms with Gasteiger partial charge < -0.3 is 19.6 Å². The lowest BCUT2D eigenvalue weighted by Gasteiger charge is -2.19. The van der Waals surface area contributed by atoms with Crippen molar-refractivity contribution in [2.75, 3.05) is 30.4 Å². The van der Waals surface area contributed by atoms with Crippen LogP contribution in [-0.2, 0) is 11.3 Å². The van der Waals surface area contributed by atoms with Gasteiger partial charge in [-0.2, -0.15) is 4.98 Å². The Morgan fingerprint density at radius 3 is 2.92 bits per heavy atom. The Balaban J connectivity index is 1.64. The van der Waals surface area contributed by atoms with Gasteiger partial charge in [-0.25, -0.2) is 0 Å². The monoisotopic (exact) mass is 329 g/mol. The Morgan fingerprint density at radius 2 is 2.25 bits per heavy atom. The summed E-state index contributed by atoms with van der Waals surface area (Å²) in [6, 6.07) is 8.21. The fraction of sp³-hybridized carbons (Fsp3) is 0.471. The number of hydrogen-bond acceptors (Lipinski definition) is 6. The van der Waals surface area contributed by atoms with Crippen molar-refractivity contribution in [3.8, 4) is 0 Å². The zero-order valence-corrected chi connectivity index (χ0v) is 14.3. The minimum Gasteiger partial charge on any atom is -0.344 e. The molecular formula is C17H23N5O2. The van der Waals surface area contributed by atoms with Crippen LogP contribution in [0.4, 0.5) is 11.6 Å². The molecule has 0 saturated carbocycles. The predicted octanol–water partition coefficient (Wildman–Crippen LogP) is 2.11. The Kier molecular flexibility index (Phi) is 4.80. The van der Waals surface area contributed by atoms with Gasteiger partial charge in [0.25, 0.3) is 5.95 Å². The van der Waals surface area contributed by atoms with E-state index in [1.807, 2.05) is 31.1 Å². The van der Waals surface area contributed by atoms with E-state index < -0.39 is 0 Å². The summed E-state index contributed by atoms with van der Waals surface area (Å²) in [6.45, 7) is 3.38. The minimum absolute atomic E-state index is 0.109. The number of rotatable bonds is 6. The minimum atomic E-state index is 0.109. The first kappa shape index (κ1) is 16.4. The number of anilines is 2. The largest absolute Gasteiger partial charge is 0.344 e. The lowest BCUT2D eigenvalue weighted by Crippen LogP contribution is -2.24. The fourth-order valence-electron chi connectivity index (χ4n) is 2.74. The van der Waals surface area contributed by atoms with Gasteiger partial charge in [0.05, 0.1) is 6.54 Å². The van der Waals surface area contributed by atoms with E-state index in [-0.39, 0.29) is 11.9 Å². The van der Waals surface area contributed by atoms with E-state index in [0.29, 0.717) is 24.8 Å². The number of amides is 1. The molecule has 0 radical (unpaired) electrons. The normalized spacial score (nSPS) is 15.8. The second kappa shape index (κ2) is 7.00. The molecule has 0 aliphatic carbocycles. The second-order valence-electron chi connectivity index (χ2n) is 6.23. The van der Waals surface area contributed by atoms with Gasteiger partial charge in [0, 0.05) is 38.8 Å². The maximum Gasteiger partial charge on any atom is 0.265 e. The van der Waals surface area contributed by atoms with Crippen LogP contribution in [0.25, 0.3) is 0 Å². The zero-order valence-electron chi connectivity index (χ0n) is 14.3. The number of nitrogens with one attached hydrogen (secondary N) is 1. The Bertz CT molecular complexity index is 713. The van der Waals surface area contributed by atoms with Crippen molar-refractivity contribution in [1.82, 2.24) is 15.5 Å². The summed E-state index contributed by atoms with van der Waals surface area (Å²) in [7, 11) is 3.74. The topological polar surface area (TPSA) is 74.5 Å². The van der Waals surface area contributed by atoms with Crippen LogP contribution in [0.1, 0.15) is 37.3 Å². The van der Waals surface area contributed by atoms with E-state index >= 15 is 0 Å². The van der Waals surface area contributed by atoms with Crippen LogP contribution in [0.5, 0.6) is 0 Å². The lowest BCUT2D eigenvalue weighted by molar-refractivity contribution is -0.117. The summed E-state index contributed by atoms with van der Waals surface area (Å²) in [6.07, 6.45) is 1.58. The summed E-state index contributed by atoms with van der Waals surface area (Å²) >= 11 is 0. The summed E-state index contributed by atoms with van der Waals surface area (Å²) < 4.78 is 5.21. The molecule has 1 fully saturated rings. The third kappa shape index (κ3) is 3.56. The highest BCUT2D eigenvalue weighted by Gasteiger charge is 2.22. The van der Waals surface area contributed by atoms with Crippen molar-refractivity contribution in [3.05, 3.63) is 35.7 Å². The quantitative estimate of drug-likeness (QED) is 0.875. The molecule has 0 bridgehead atoms. The van der Waals surface area contributed by atoms with E-state index in [1.54, 1.807) is 4.90 Å². The molecule has 0 spiro atoms. The van der Waals surface area contributed by atoms with Gasteiger partial charge in [-0.15, -0.1) is 0 Å². The average Bonchev–Trinajstić information content (AvgIpc) is 3.21. The van der Waals surface area contributed by atoms with Gasteiger partial charge in [0.15, 0.2) is 0 Å². The van der Waals surface area contributed by atoms with Crippen molar-refractivity contribution in [2.45, 2.75) is 32.4 Å².